The molecule has 1 aromatic carbocycles. The fourth-order valence-electron chi connectivity index (χ4n) is 1.85. The van der Waals surface area contributed by atoms with Gasteiger partial charge in [0.2, 0.25) is 0 Å². The molecule has 1 aromatic rings. The third kappa shape index (κ3) is 3.30. The zero-order valence-electron chi connectivity index (χ0n) is 9.80. The molecule has 1 aliphatic rings. The summed E-state index contributed by atoms with van der Waals surface area (Å²) in [6.45, 7) is 1.96. The van der Waals surface area contributed by atoms with E-state index in [0.29, 0.717) is 36.8 Å². The van der Waals surface area contributed by atoms with Crippen molar-refractivity contribution in [2.24, 2.45) is 0 Å². The Kier molecular flexibility index (Phi) is 4.32. The fraction of sp³-hybridized carbons (Fsp3) is 0.385. The number of rotatable bonds is 3. The molecular weight excluding hydrogens is 252 g/mol. The van der Waals surface area contributed by atoms with Gasteiger partial charge in [-0.1, -0.05) is 11.6 Å². The molecule has 94 valence electrons. The molecule has 1 saturated heterocycles. The Labute approximate surface area is 111 Å². The molecule has 18 heavy (non-hydrogen) atoms. The van der Waals surface area contributed by atoms with Crippen molar-refractivity contribution in [1.82, 2.24) is 4.90 Å². The first kappa shape index (κ1) is 13.0. The van der Waals surface area contributed by atoms with Crippen LogP contribution in [-0.4, -0.2) is 43.0 Å². The number of benzene rings is 1. The number of nitriles is 1. The summed E-state index contributed by atoms with van der Waals surface area (Å²) in [5, 5.41) is 9.40. The number of ketones is 1. The van der Waals surface area contributed by atoms with Gasteiger partial charge in [-0.15, -0.1) is 0 Å². The van der Waals surface area contributed by atoms with Crippen LogP contribution in [0.2, 0.25) is 5.02 Å². The molecule has 2 rings (SSSR count). The maximum absolute atomic E-state index is 12.0. The molecule has 1 aliphatic heterocycles. The van der Waals surface area contributed by atoms with E-state index in [2.05, 4.69) is 6.07 Å². The molecular formula is C13H13ClN2O2. The molecule has 1 heterocycles. The van der Waals surface area contributed by atoms with Gasteiger partial charge in [0.05, 0.1) is 19.2 Å². The summed E-state index contributed by atoms with van der Waals surface area (Å²) in [6.07, 6.45) is -0.434. The van der Waals surface area contributed by atoms with E-state index < -0.39 is 6.10 Å². The van der Waals surface area contributed by atoms with Gasteiger partial charge in [0, 0.05) is 23.7 Å². The maximum Gasteiger partial charge on any atom is 0.176 e. The minimum atomic E-state index is -0.434. The number of carbonyl (C=O) groups is 1. The Bertz CT molecular complexity index is 467. The molecule has 0 aliphatic carbocycles. The molecule has 4 nitrogen and oxygen atoms in total. The van der Waals surface area contributed by atoms with Gasteiger partial charge >= 0.3 is 0 Å². The number of morpholine rings is 1. The Morgan fingerprint density at radius 3 is 2.89 bits per heavy atom. The largest absolute Gasteiger partial charge is 0.361 e. The van der Waals surface area contributed by atoms with Crippen LogP contribution in [0.1, 0.15) is 10.4 Å². The first-order valence-corrected chi connectivity index (χ1v) is 6.09. The van der Waals surface area contributed by atoms with Crippen LogP contribution in [0.3, 0.4) is 0 Å². The number of nitrogens with zero attached hydrogens (tertiary/aromatic N) is 2. The van der Waals surface area contributed by atoms with Crippen LogP contribution in [0.15, 0.2) is 24.3 Å². The SMILES string of the molecule is N#CC1CN(CC(=O)c2ccc(Cl)cc2)CCO1. The number of hydrogen-bond donors (Lipinski definition) is 0. The first-order chi connectivity index (χ1) is 8.69. The molecule has 0 amide bonds. The third-order valence-electron chi connectivity index (χ3n) is 2.83. The fourth-order valence-corrected chi connectivity index (χ4v) is 1.98. The molecule has 0 bridgehead atoms. The van der Waals surface area contributed by atoms with Crippen LogP contribution in [0.5, 0.6) is 0 Å². The van der Waals surface area contributed by atoms with E-state index in [1.807, 2.05) is 4.90 Å². The Balaban J connectivity index is 1.95. The maximum atomic E-state index is 12.0. The van der Waals surface area contributed by atoms with Crippen LogP contribution in [0.25, 0.3) is 0 Å². The van der Waals surface area contributed by atoms with E-state index in [1.54, 1.807) is 24.3 Å². The third-order valence-corrected chi connectivity index (χ3v) is 3.08. The quantitative estimate of drug-likeness (QED) is 0.781. The van der Waals surface area contributed by atoms with E-state index in [-0.39, 0.29) is 5.78 Å². The number of hydrogen-bond acceptors (Lipinski definition) is 4. The van der Waals surface area contributed by atoms with Crippen LogP contribution >= 0.6 is 11.6 Å². The molecule has 1 unspecified atom stereocenters. The first-order valence-electron chi connectivity index (χ1n) is 5.71. The van der Waals surface area contributed by atoms with Gasteiger partial charge in [0.1, 0.15) is 0 Å². The molecule has 0 radical (unpaired) electrons. The van der Waals surface area contributed by atoms with Crippen LogP contribution in [0.4, 0.5) is 0 Å². The van der Waals surface area contributed by atoms with Gasteiger partial charge in [-0.3, -0.25) is 9.69 Å². The smallest absolute Gasteiger partial charge is 0.176 e. The average Bonchev–Trinajstić information content (AvgIpc) is 2.39. The summed E-state index contributed by atoms with van der Waals surface area (Å²) < 4.78 is 5.23. The number of Topliss-reactive ketones (excluding diaryl/α,β-unsaturated/α-hetero) is 1. The van der Waals surface area contributed by atoms with Crippen molar-refractivity contribution in [3.05, 3.63) is 34.9 Å². The van der Waals surface area contributed by atoms with Crippen LogP contribution in [-0.2, 0) is 4.74 Å². The lowest BCUT2D eigenvalue weighted by atomic mass is 10.1. The monoisotopic (exact) mass is 264 g/mol. The van der Waals surface area contributed by atoms with Gasteiger partial charge in [-0.05, 0) is 24.3 Å². The lowest BCUT2D eigenvalue weighted by molar-refractivity contribution is 0.00241. The van der Waals surface area contributed by atoms with Crippen molar-refractivity contribution >= 4 is 17.4 Å². The number of halogens is 1. The van der Waals surface area contributed by atoms with E-state index in [4.69, 9.17) is 21.6 Å². The van der Waals surface area contributed by atoms with Crippen molar-refractivity contribution in [2.75, 3.05) is 26.2 Å². The molecule has 0 spiro atoms. The van der Waals surface area contributed by atoms with E-state index in [0.717, 1.165) is 0 Å². The highest BCUT2D eigenvalue weighted by Crippen LogP contribution is 2.11. The predicted molar refractivity (Wildman–Crippen MR) is 67.6 cm³/mol. The minimum Gasteiger partial charge on any atom is -0.361 e. The van der Waals surface area contributed by atoms with Gasteiger partial charge in [0.25, 0.3) is 0 Å². The summed E-state index contributed by atoms with van der Waals surface area (Å²) in [5.41, 5.74) is 0.638. The summed E-state index contributed by atoms with van der Waals surface area (Å²) in [5.74, 6) is 0.0326. The Morgan fingerprint density at radius 1 is 1.50 bits per heavy atom. The minimum absolute atomic E-state index is 0.0326. The zero-order chi connectivity index (χ0) is 13.0. The Hall–Kier alpha value is -1.41. The van der Waals surface area contributed by atoms with E-state index in [9.17, 15) is 4.79 Å². The lowest BCUT2D eigenvalue weighted by Crippen LogP contribution is -2.44. The molecule has 0 aromatic heterocycles. The second-order valence-corrected chi connectivity index (χ2v) is 4.59. The summed E-state index contributed by atoms with van der Waals surface area (Å²) >= 11 is 5.77. The van der Waals surface area contributed by atoms with Crippen molar-refractivity contribution in [2.45, 2.75) is 6.10 Å². The topological polar surface area (TPSA) is 53.3 Å². The summed E-state index contributed by atoms with van der Waals surface area (Å²) in [6, 6.07) is 8.89. The van der Waals surface area contributed by atoms with Crippen molar-refractivity contribution < 1.29 is 9.53 Å². The lowest BCUT2D eigenvalue weighted by Gasteiger charge is -2.28. The zero-order valence-corrected chi connectivity index (χ0v) is 10.6. The highest BCUT2D eigenvalue weighted by atomic mass is 35.5. The van der Waals surface area contributed by atoms with Gasteiger partial charge in [-0.2, -0.15) is 5.26 Å². The summed E-state index contributed by atoms with van der Waals surface area (Å²) in [7, 11) is 0. The van der Waals surface area contributed by atoms with Gasteiger partial charge < -0.3 is 4.74 Å². The van der Waals surface area contributed by atoms with Crippen molar-refractivity contribution in [3.8, 4) is 6.07 Å². The Morgan fingerprint density at radius 2 is 2.22 bits per heavy atom. The molecule has 1 fully saturated rings. The van der Waals surface area contributed by atoms with E-state index >= 15 is 0 Å². The number of ether oxygens (including phenoxy) is 1. The predicted octanol–water partition coefficient (Wildman–Crippen LogP) is 1.75. The van der Waals surface area contributed by atoms with Crippen LogP contribution < -0.4 is 0 Å². The van der Waals surface area contributed by atoms with Crippen molar-refractivity contribution in [3.63, 3.8) is 0 Å². The normalized spacial score (nSPS) is 20.3. The molecule has 1 atom stereocenters. The highest BCUT2D eigenvalue weighted by molar-refractivity contribution is 6.30. The second kappa shape index (κ2) is 5.96. The standard InChI is InChI=1S/C13H13ClN2O2/c14-11-3-1-10(2-4-11)13(17)9-16-5-6-18-12(7-15)8-16/h1-4,12H,5-6,8-9H2. The molecule has 0 saturated carbocycles. The molecule has 0 N–H and O–H groups in total. The van der Waals surface area contributed by atoms with Crippen molar-refractivity contribution in [1.29, 1.82) is 5.26 Å². The summed E-state index contributed by atoms with van der Waals surface area (Å²) in [4.78, 5) is 13.9. The second-order valence-electron chi connectivity index (χ2n) is 4.15. The van der Waals surface area contributed by atoms with Gasteiger partial charge in [0.15, 0.2) is 11.9 Å². The molecule has 5 heteroatoms. The van der Waals surface area contributed by atoms with Gasteiger partial charge in [-0.25, -0.2) is 0 Å². The van der Waals surface area contributed by atoms with Crippen LogP contribution in [0, 0.1) is 11.3 Å². The van der Waals surface area contributed by atoms with E-state index in [1.165, 1.54) is 0 Å². The highest BCUT2D eigenvalue weighted by Gasteiger charge is 2.21. The number of carbonyl (C=O) groups excluding carboxylic acids is 1. The average molecular weight is 265 g/mol.